The first-order chi connectivity index (χ1) is 15.6. The molecule has 9 heteroatoms. The van der Waals surface area contributed by atoms with Crippen LogP contribution in [0.4, 0.5) is 5.69 Å². The van der Waals surface area contributed by atoms with Gasteiger partial charge in [-0.3, -0.25) is 13.9 Å². The zero-order valence-corrected chi connectivity index (χ0v) is 21.9. The van der Waals surface area contributed by atoms with Gasteiger partial charge in [-0.05, 0) is 72.2 Å². The smallest absolute Gasteiger partial charge is 0.244 e. The van der Waals surface area contributed by atoms with E-state index in [0.717, 1.165) is 45.4 Å². The highest BCUT2D eigenvalue weighted by atomic mass is 127. The molecule has 33 heavy (non-hydrogen) atoms. The third kappa shape index (κ3) is 7.17. The van der Waals surface area contributed by atoms with Crippen molar-refractivity contribution in [1.29, 1.82) is 0 Å². The van der Waals surface area contributed by atoms with Crippen molar-refractivity contribution in [3.05, 3.63) is 63.7 Å². The van der Waals surface area contributed by atoms with Crippen molar-refractivity contribution in [2.45, 2.75) is 51.2 Å². The van der Waals surface area contributed by atoms with Gasteiger partial charge in [0.25, 0.3) is 0 Å². The van der Waals surface area contributed by atoms with Crippen molar-refractivity contribution in [2.75, 3.05) is 17.1 Å². The summed E-state index contributed by atoms with van der Waals surface area (Å²) in [6.07, 6.45) is 5.15. The fourth-order valence-corrected chi connectivity index (χ4v) is 5.18. The van der Waals surface area contributed by atoms with E-state index < -0.39 is 22.0 Å². The zero-order valence-electron chi connectivity index (χ0n) is 18.9. The molecule has 0 saturated heterocycles. The van der Waals surface area contributed by atoms with Crippen molar-refractivity contribution < 1.29 is 18.0 Å². The van der Waals surface area contributed by atoms with Gasteiger partial charge in [0.15, 0.2) is 0 Å². The third-order valence-corrected chi connectivity index (χ3v) is 7.72. The van der Waals surface area contributed by atoms with Gasteiger partial charge >= 0.3 is 0 Å². The van der Waals surface area contributed by atoms with E-state index in [-0.39, 0.29) is 25.0 Å². The minimum Gasteiger partial charge on any atom is -0.352 e. The summed E-state index contributed by atoms with van der Waals surface area (Å²) >= 11 is 2.14. The zero-order chi connectivity index (χ0) is 24.0. The van der Waals surface area contributed by atoms with E-state index in [0.29, 0.717) is 5.69 Å². The average Bonchev–Trinajstić information content (AvgIpc) is 3.29. The van der Waals surface area contributed by atoms with E-state index in [1.807, 2.05) is 30.3 Å². The van der Waals surface area contributed by atoms with Gasteiger partial charge in [0.05, 0.1) is 11.9 Å². The number of anilines is 1. The van der Waals surface area contributed by atoms with Crippen LogP contribution in [0.15, 0.2) is 54.6 Å². The maximum Gasteiger partial charge on any atom is 0.244 e. The molecule has 1 N–H and O–H groups in total. The summed E-state index contributed by atoms with van der Waals surface area (Å²) in [5.41, 5.74) is 1.28. The Morgan fingerprint density at radius 1 is 1.06 bits per heavy atom. The molecule has 0 spiro atoms. The number of benzene rings is 2. The lowest BCUT2D eigenvalue weighted by molar-refractivity contribution is -0.139. The number of nitrogens with one attached hydrogen (secondary N) is 1. The van der Waals surface area contributed by atoms with Crippen LogP contribution in [0.1, 0.15) is 38.2 Å². The second kappa shape index (κ2) is 11.3. The van der Waals surface area contributed by atoms with Gasteiger partial charge in [0, 0.05) is 16.2 Å². The molecule has 0 radical (unpaired) electrons. The molecule has 2 amide bonds. The Balaban J connectivity index is 1.84. The molecule has 0 heterocycles. The van der Waals surface area contributed by atoms with Crippen LogP contribution in [-0.4, -0.2) is 50.0 Å². The molecule has 1 saturated carbocycles. The Labute approximate surface area is 209 Å². The highest BCUT2D eigenvalue weighted by molar-refractivity contribution is 14.1. The molecule has 0 unspecified atom stereocenters. The third-order valence-electron chi connectivity index (χ3n) is 5.86. The first-order valence-electron chi connectivity index (χ1n) is 11.0. The van der Waals surface area contributed by atoms with Crippen molar-refractivity contribution in [2.24, 2.45) is 0 Å². The monoisotopic (exact) mass is 583 g/mol. The first kappa shape index (κ1) is 25.5. The molecule has 0 aliphatic heterocycles. The average molecular weight is 583 g/mol. The van der Waals surface area contributed by atoms with Crippen molar-refractivity contribution in [3.8, 4) is 0 Å². The van der Waals surface area contributed by atoms with Crippen LogP contribution < -0.4 is 9.62 Å². The number of rotatable bonds is 9. The SMILES string of the molecule is C[C@H](C(=O)NC1CCCC1)N(Cc1ccccc1)C(=O)CN(c1ccc(I)cc1)S(C)(=O)=O. The quantitative estimate of drug-likeness (QED) is 0.458. The molecule has 0 aromatic heterocycles. The predicted molar refractivity (Wildman–Crippen MR) is 138 cm³/mol. The van der Waals surface area contributed by atoms with Crippen molar-refractivity contribution in [1.82, 2.24) is 10.2 Å². The van der Waals surface area contributed by atoms with E-state index in [9.17, 15) is 18.0 Å². The summed E-state index contributed by atoms with van der Waals surface area (Å²) in [6, 6.07) is 15.7. The second-order valence-electron chi connectivity index (χ2n) is 8.42. The highest BCUT2D eigenvalue weighted by Crippen LogP contribution is 2.21. The van der Waals surface area contributed by atoms with Gasteiger partial charge < -0.3 is 10.2 Å². The van der Waals surface area contributed by atoms with Crippen LogP contribution in [0.25, 0.3) is 0 Å². The van der Waals surface area contributed by atoms with Crippen LogP contribution in [0.2, 0.25) is 0 Å². The fraction of sp³-hybridized carbons (Fsp3) is 0.417. The maximum atomic E-state index is 13.5. The van der Waals surface area contributed by atoms with Crippen LogP contribution in [0, 0.1) is 3.57 Å². The first-order valence-corrected chi connectivity index (χ1v) is 13.9. The summed E-state index contributed by atoms with van der Waals surface area (Å²) in [6.45, 7) is 1.53. The largest absolute Gasteiger partial charge is 0.352 e. The molecule has 1 atom stereocenters. The number of nitrogens with zero attached hydrogens (tertiary/aromatic N) is 2. The fourth-order valence-electron chi connectivity index (χ4n) is 3.98. The number of carbonyl (C=O) groups excluding carboxylic acids is 2. The summed E-state index contributed by atoms with van der Waals surface area (Å²) in [4.78, 5) is 27.9. The van der Waals surface area contributed by atoms with E-state index in [2.05, 4.69) is 27.9 Å². The molecular weight excluding hydrogens is 553 g/mol. The molecule has 178 valence electrons. The highest BCUT2D eigenvalue weighted by Gasteiger charge is 2.31. The number of halogens is 1. The summed E-state index contributed by atoms with van der Waals surface area (Å²) in [5, 5.41) is 3.06. The molecule has 3 rings (SSSR count). The molecule has 0 bridgehead atoms. The lowest BCUT2D eigenvalue weighted by Crippen LogP contribution is -2.52. The molecule has 2 aromatic rings. The van der Waals surface area contributed by atoms with Gasteiger partial charge in [-0.1, -0.05) is 43.2 Å². The molecule has 7 nitrogen and oxygen atoms in total. The van der Waals surface area contributed by atoms with Crippen LogP contribution >= 0.6 is 22.6 Å². The Hall–Kier alpha value is -2.14. The van der Waals surface area contributed by atoms with E-state index in [4.69, 9.17) is 0 Å². The standard InChI is InChI=1S/C24H30IN3O4S/c1-18(24(30)26-21-10-6-7-11-21)27(16-19-8-4-3-5-9-19)23(29)17-28(33(2,31)32)22-14-12-20(25)13-15-22/h3-5,8-9,12-15,18,21H,6-7,10-11,16-17H2,1-2H3,(H,26,30)/t18-/m1/s1. The van der Waals surface area contributed by atoms with E-state index in [1.54, 1.807) is 31.2 Å². The van der Waals surface area contributed by atoms with E-state index in [1.165, 1.54) is 4.90 Å². The van der Waals surface area contributed by atoms with Crippen LogP contribution in [-0.2, 0) is 26.2 Å². The topological polar surface area (TPSA) is 86.8 Å². The number of carbonyl (C=O) groups is 2. The number of hydrogen-bond acceptors (Lipinski definition) is 4. The molecule has 2 aromatic carbocycles. The lowest BCUT2D eigenvalue weighted by Gasteiger charge is -2.32. The number of hydrogen-bond donors (Lipinski definition) is 1. The minimum absolute atomic E-state index is 0.132. The van der Waals surface area contributed by atoms with Gasteiger partial charge in [0.1, 0.15) is 12.6 Å². The number of amides is 2. The summed E-state index contributed by atoms with van der Waals surface area (Å²) < 4.78 is 27.1. The van der Waals surface area contributed by atoms with Gasteiger partial charge in [0.2, 0.25) is 21.8 Å². The lowest BCUT2D eigenvalue weighted by atomic mass is 10.1. The van der Waals surface area contributed by atoms with Crippen LogP contribution in [0.3, 0.4) is 0 Å². The Bertz CT molecular complexity index is 1050. The molecular formula is C24H30IN3O4S. The minimum atomic E-state index is -3.71. The van der Waals surface area contributed by atoms with Crippen molar-refractivity contribution >= 4 is 50.1 Å². The van der Waals surface area contributed by atoms with Gasteiger partial charge in [-0.25, -0.2) is 8.42 Å². The predicted octanol–water partition coefficient (Wildman–Crippen LogP) is 3.53. The van der Waals surface area contributed by atoms with E-state index >= 15 is 0 Å². The van der Waals surface area contributed by atoms with Crippen molar-refractivity contribution in [3.63, 3.8) is 0 Å². The van der Waals surface area contributed by atoms with Gasteiger partial charge in [-0.2, -0.15) is 0 Å². The summed E-state index contributed by atoms with van der Waals surface area (Å²) in [5.74, 6) is -0.650. The Kier molecular flexibility index (Phi) is 8.75. The molecule has 1 aliphatic rings. The number of sulfonamides is 1. The van der Waals surface area contributed by atoms with Gasteiger partial charge in [-0.15, -0.1) is 0 Å². The van der Waals surface area contributed by atoms with Crippen LogP contribution in [0.5, 0.6) is 0 Å². The Morgan fingerprint density at radius 3 is 2.24 bits per heavy atom. The second-order valence-corrected chi connectivity index (χ2v) is 11.6. The summed E-state index contributed by atoms with van der Waals surface area (Å²) in [7, 11) is -3.71. The molecule has 1 aliphatic carbocycles. The normalized spacial score (nSPS) is 15.1. The molecule has 1 fully saturated rings. The maximum absolute atomic E-state index is 13.5. The Morgan fingerprint density at radius 2 is 1.67 bits per heavy atom.